The summed E-state index contributed by atoms with van der Waals surface area (Å²) in [5.41, 5.74) is 0.632. The Hall–Kier alpha value is -1.73. The van der Waals surface area contributed by atoms with Crippen LogP contribution in [-0.2, 0) is 10.2 Å². The Morgan fingerprint density at radius 1 is 1.38 bits per heavy atom. The van der Waals surface area contributed by atoms with E-state index in [4.69, 9.17) is 4.74 Å². The molecule has 0 aliphatic carbocycles. The summed E-state index contributed by atoms with van der Waals surface area (Å²) in [4.78, 5) is 23.5. The van der Waals surface area contributed by atoms with Crippen LogP contribution in [0.25, 0.3) is 0 Å². The van der Waals surface area contributed by atoms with E-state index < -0.39 is 12.5 Å². The molecule has 21 heavy (non-hydrogen) atoms. The second kappa shape index (κ2) is 5.57. The summed E-state index contributed by atoms with van der Waals surface area (Å²) < 4.78 is 5.22. The Bertz CT molecular complexity index is 529. The Balaban J connectivity index is 2.40. The number of aromatic nitrogens is 2. The maximum absolute atomic E-state index is 12.4. The number of hydrogen-bond donors (Lipinski definition) is 1. The van der Waals surface area contributed by atoms with Gasteiger partial charge in [0.25, 0.3) is 0 Å². The zero-order valence-corrected chi connectivity index (χ0v) is 13.1. The van der Waals surface area contributed by atoms with Crippen molar-refractivity contribution in [3.63, 3.8) is 0 Å². The number of carbonyl (C=O) groups excluding carboxylic acids is 1. The van der Waals surface area contributed by atoms with Gasteiger partial charge >= 0.3 is 6.03 Å². The molecule has 0 aromatic carbocycles. The van der Waals surface area contributed by atoms with Gasteiger partial charge in [-0.2, -0.15) is 0 Å². The van der Waals surface area contributed by atoms with E-state index in [0.717, 1.165) is 5.69 Å². The topological polar surface area (TPSA) is 78.8 Å². The van der Waals surface area contributed by atoms with Gasteiger partial charge in [0.2, 0.25) is 0 Å². The second-order valence-electron chi connectivity index (χ2n) is 5.99. The largest absolute Gasteiger partial charge is 0.369 e. The van der Waals surface area contributed by atoms with Crippen LogP contribution in [0.15, 0.2) is 12.4 Å². The van der Waals surface area contributed by atoms with Crippen molar-refractivity contribution >= 4 is 11.8 Å². The van der Waals surface area contributed by atoms with Crippen molar-refractivity contribution in [2.24, 2.45) is 0 Å². The van der Waals surface area contributed by atoms with Crippen LogP contribution in [0.1, 0.15) is 33.4 Å². The molecule has 0 saturated carbocycles. The molecule has 2 amide bonds. The first-order valence-corrected chi connectivity index (χ1v) is 6.94. The van der Waals surface area contributed by atoms with Gasteiger partial charge in [-0.25, -0.2) is 19.7 Å². The third kappa shape index (κ3) is 2.71. The number of aliphatic hydroxyl groups excluding tert-OH is 1. The van der Waals surface area contributed by atoms with Gasteiger partial charge in [-0.05, 0) is 6.92 Å². The van der Waals surface area contributed by atoms with Crippen LogP contribution in [0, 0.1) is 0 Å². The minimum atomic E-state index is -1.09. The number of urea groups is 1. The number of hydrogen-bond acceptors (Lipinski definition) is 5. The van der Waals surface area contributed by atoms with E-state index in [1.165, 1.54) is 23.2 Å². The summed E-state index contributed by atoms with van der Waals surface area (Å²) in [6.45, 7) is 8.36. The number of anilines is 1. The smallest absolute Gasteiger partial charge is 0.330 e. The number of carbonyl (C=O) groups is 1. The molecule has 0 spiro atoms. The highest BCUT2D eigenvalue weighted by Crippen LogP contribution is 2.29. The Morgan fingerprint density at radius 2 is 2.05 bits per heavy atom. The Kier molecular flexibility index (Phi) is 4.15. The molecule has 0 bridgehead atoms. The molecule has 1 N–H and O–H groups in total. The fraction of sp³-hybridized carbons (Fsp3) is 0.643. The predicted molar refractivity (Wildman–Crippen MR) is 77.8 cm³/mol. The maximum Gasteiger partial charge on any atom is 0.330 e. The molecule has 2 unspecified atom stereocenters. The molecule has 2 atom stereocenters. The number of amides is 2. The molecule has 1 saturated heterocycles. The van der Waals surface area contributed by atoms with Crippen molar-refractivity contribution in [1.29, 1.82) is 0 Å². The first kappa shape index (κ1) is 15.7. The van der Waals surface area contributed by atoms with Gasteiger partial charge in [0.05, 0.1) is 5.69 Å². The van der Waals surface area contributed by atoms with E-state index in [-0.39, 0.29) is 11.4 Å². The molecule has 2 rings (SSSR count). The highest BCUT2D eigenvalue weighted by Gasteiger charge is 2.46. The second-order valence-corrected chi connectivity index (χ2v) is 5.99. The van der Waals surface area contributed by atoms with Gasteiger partial charge < -0.3 is 9.84 Å². The lowest BCUT2D eigenvalue weighted by atomic mass is 9.92. The Morgan fingerprint density at radius 3 is 2.52 bits per heavy atom. The molecular formula is C14H22N4O3. The standard InChI is InChI=1S/C14H22N4O3/c1-6-17-12(21-5)11(19)18(13(17)20)10-7-9(14(2,3)4)15-8-16-10/h7-8,11-12,19H,6H2,1-5H3. The van der Waals surface area contributed by atoms with Crippen molar-refractivity contribution in [2.45, 2.75) is 45.6 Å². The minimum absolute atomic E-state index is 0.170. The zero-order chi connectivity index (χ0) is 15.8. The fourth-order valence-electron chi connectivity index (χ4n) is 2.34. The molecule has 1 aliphatic rings. The molecule has 2 heterocycles. The highest BCUT2D eigenvalue weighted by atomic mass is 16.5. The lowest BCUT2D eigenvalue weighted by molar-refractivity contribution is -0.0556. The van der Waals surface area contributed by atoms with Crippen LogP contribution in [0.4, 0.5) is 10.6 Å². The molecule has 7 nitrogen and oxygen atoms in total. The monoisotopic (exact) mass is 294 g/mol. The van der Waals surface area contributed by atoms with Crippen LogP contribution >= 0.6 is 0 Å². The van der Waals surface area contributed by atoms with E-state index >= 15 is 0 Å². The number of ether oxygens (including phenoxy) is 1. The quantitative estimate of drug-likeness (QED) is 0.909. The number of methoxy groups -OCH3 is 1. The zero-order valence-electron chi connectivity index (χ0n) is 13.1. The number of likely N-dealkylation sites (N-methyl/N-ethyl adjacent to an activating group) is 1. The average Bonchev–Trinajstić information content (AvgIpc) is 2.68. The van der Waals surface area contributed by atoms with Crippen molar-refractivity contribution in [3.05, 3.63) is 18.1 Å². The summed E-state index contributed by atoms with van der Waals surface area (Å²) in [6, 6.07) is 1.41. The molecule has 116 valence electrons. The summed E-state index contributed by atoms with van der Waals surface area (Å²) >= 11 is 0. The van der Waals surface area contributed by atoms with Crippen LogP contribution < -0.4 is 4.90 Å². The maximum atomic E-state index is 12.4. The van der Waals surface area contributed by atoms with Gasteiger partial charge in [-0.15, -0.1) is 0 Å². The normalized spacial score (nSPS) is 23.0. The summed E-state index contributed by atoms with van der Waals surface area (Å²) in [7, 11) is 1.47. The first-order valence-electron chi connectivity index (χ1n) is 6.94. The lowest BCUT2D eigenvalue weighted by Crippen LogP contribution is -2.38. The molecular weight excluding hydrogens is 272 g/mol. The summed E-state index contributed by atoms with van der Waals surface area (Å²) in [6.07, 6.45) is -0.382. The van der Waals surface area contributed by atoms with Gasteiger partial charge in [0, 0.05) is 25.1 Å². The van der Waals surface area contributed by atoms with E-state index in [2.05, 4.69) is 9.97 Å². The molecule has 1 aromatic rings. The number of nitrogens with zero attached hydrogens (tertiary/aromatic N) is 4. The van der Waals surface area contributed by atoms with E-state index in [0.29, 0.717) is 12.4 Å². The lowest BCUT2D eigenvalue weighted by Gasteiger charge is -2.22. The fourth-order valence-corrected chi connectivity index (χ4v) is 2.34. The van der Waals surface area contributed by atoms with E-state index in [9.17, 15) is 9.90 Å². The first-order chi connectivity index (χ1) is 9.81. The summed E-state index contributed by atoms with van der Waals surface area (Å²) in [5, 5.41) is 10.3. The van der Waals surface area contributed by atoms with Crippen molar-refractivity contribution in [2.75, 3.05) is 18.6 Å². The average molecular weight is 294 g/mol. The molecule has 0 radical (unpaired) electrons. The van der Waals surface area contributed by atoms with Gasteiger partial charge in [0.15, 0.2) is 12.5 Å². The highest BCUT2D eigenvalue weighted by molar-refractivity contribution is 5.94. The van der Waals surface area contributed by atoms with Crippen molar-refractivity contribution in [3.8, 4) is 0 Å². The minimum Gasteiger partial charge on any atom is -0.369 e. The molecule has 1 aliphatic heterocycles. The van der Waals surface area contributed by atoms with Crippen LogP contribution in [0.2, 0.25) is 0 Å². The molecule has 7 heteroatoms. The van der Waals surface area contributed by atoms with Gasteiger partial charge in [-0.1, -0.05) is 20.8 Å². The molecule has 1 aromatic heterocycles. The van der Waals surface area contributed by atoms with Crippen molar-refractivity contribution in [1.82, 2.24) is 14.9 Å². The number of rotatable bonds is 3. The van der Waals surface area contributed by atoms with Gasteiger partial charge in [-0.3, -0.25) is 4.90 Å². The van der Waals surface area contributed by atoms with Crippen LogP contribution in [-0.4, -0.2) is 52.1 Å². The van der Waals surface area contributed by atoms with E-state index in [1.54, 1.807) is 6.07 Å². The van der Waals surface area contributed by atoms with Crippen LogP contribution in [0.5, 0.6) is 0 Å². The third-order valence-corrected chi connectivity index (χ3v) is 3.53. The summed E-state index contributed by atoms with van der Waals surface area (Å²) in [5.74, 6) is 0.380. The Labute approximate surface area is 124 Å². The van der Waals surface area contributed by atoms with Gasteiger partial charge in [0.1, 0.15) is 12.1 Å². The third-order valence-electron chi connectivity index (χ3n) is 3.53. The van der Waals surface area contributed by atoms with Crippen LogP contribution in [0.3, 0.4) is 0 Å². The molecule has 1 fully saturated rings. The van der Waals surface area contributed by atoms with E-state index in [1.807, 2.05) is 27.7 Å². The SMILES string of the molecule is CCN1C(=O)N(c2cc(C(C)(C)C)ncn2)C(O)C1OC. The number of aliphatic hydroxyl groups is 1. The predicted octanol–water partition coefficient (Wildman–Crippen LogP) is 1.33. The van der Waals surface area contributed by atoms with Crippen molar-refractivity contribution < 1.29 is 14.6 Å².